The van der Waals surface area contributed by atoms with E-state index in [0.717, 1.165) is 0 Å². The fraction of sp³-hybridized carbons (Fsp3) is 0. The lowest BCUT2D eigenvalue weighted by atomic mass is 10.3. The van der Waals surface area contributed by atoms with Crippen LogP contribution in [0.4, 0.5) is 0 Å². The standard InChI is InChI=1S/C6HCl4NO/c7-2-1-11-5(9)4(8)3(2)6(10)12/h1H. The van der Waals surface area contributed by atoms with Gasteiger partial charge in [0, 0.05) is 6.20 Å². The molecule has 0 amide bonds. The maximum Gasteiger partial charge on any atom is 0.255 e. The van der Waals surface area contributed by atoms with Gasteiger partial charge in [0.25, 0.3) is 5.24 Å². The molecule has 0 saturated heterocycles. The molecule has 0 radical (unpaired) electrons. The van der Waals surface area contributed by atoms with Crippen LogP contribution in [0.1, 0.15) is 10.4 Å². The van der Waals surface area contributed by atoms with Crippen molar-refractivity contribution in [1.29, 1.82) is 0 Å². The predicted octanol–water partition coefficient (Wildman–Crippen LogP) is 3.42. The summed E-state index contributed by atoms with van der Waals surface area (Å²) in [5, 5.41) is -0.687. The maximum atomic E-state index is 10.7. The Morgan fingerprint density at radius 3 is 2.33 bits per heavy atom. The van der Waals surface area contributed by atoms with Crippen LogP contribution in [-0.4, -0.2) is 10.2 Å². The van der Waals surface area contributed by atoms with E-state index in [1.165, 1.54) is 6.20 Å². The molecule has 1 aromatic heterocycles. The second-order valence-corrected chi connectivity index (χ2v) is 3.35. The summed E-state index contributed by atoms with van der Waals surface area (Å²) in [5.74, 6) is 0. The zero-order valence-corrected chi connectivity index (χ0v) is 8.47. The third-order valence-corrected chi connectivity index (χ3v) is 2.35. The molecular weight excluding hydrogens is 244 g/mol. The molecule has 0 saturated carbocycles. The number of pyridine rings is 1. The minimum Gasteiger partial charge on any atom is -0.275 e. The molecule has 0 bridgehead atoms. The normalized spacial score (nSPS) is 10.0. The maximum absolute atomic E-state index is 10.7. The molecule has 0 aromatic carbocycles. The van der Waals surface area contributed by atoms with Gasteiger partial charge in [-0.25, -0.2) is 4.98 Å². The highest BCUT2D eigenvalue weighted by molar-refractivity contribution is 6.70. The van der Waals surface area contributed by atoms with Crippen LogP contribution in [0.15, 0.2) is 6.20 Å². The third-order valence-electron chi connectivity index (χ3n) is 1.13. The van der Waals surface area contributed by atoms with Crippen LogP contribution in [0, 0.1) is 0 Å². The Morgan fingerprint density at radius 2 is 1.92 bits per heavy atom. The second-order valence-electron chi connectivity index (χ2n) is 1.86. The Balaban J connectivity index is 3.43. The minimum atomic E-state index is -0.755. The Labute approximate surface area is 88.4 Å². The topological polar surface area (TPSA) is 30.0 Å². The summed E-state index contributed by atoms with van der Waals surface area (Å²) in [7, 11) is 0. The third kappa shape index (κ3) is 1.83. The summed E-state index contributed by atoms with van der Waals surface area (Å²) in [6.45, 7) is 0. The minimum absolute atomic E-state index is 0.00469. The molecule has 0 spiro atoms. The molecule has 1 aromatic rings. The fourth-order valence-electron chi connectivity index (χ4n) is 0.623. The summed E-state index contributed by atoms with van der Waals surface area (Å²) in [5.41, 5.74) is -0.0139. The van der Waals surface area contributed by atoms with Crippen LogP contribution in [0.5, 0.6) is 0 Å². The first-order valence-corrected chi connectivity index (χ1v) is 4.24. The van der Waals surface area contributed by atoms with E-state index in [-0.39, 0.29) is 20.8 Å². The van der Waals surface area contributed by atoms with E-state index in [1.807, 2.05) is 0 Å². The van der Waals surface area contributed by atoms with E-state index in [1.54, 1.807) is 0 Å². The molecule has 64 valence electrons. The largest absolute Gasteiger partial charge is 0.275 e. The van der Waals surface area contributed by atoms with Gasteiger partial charge in [0.05, 0.1) is 15.6 Å². The average Bonchev–Trinajstić information content (AvgIpc) is 1.97. The summed E-state index contributed by atoms with van der Waals surface area (Å²) >= 11 is 21.9. The van der Waals surface area contributed by atoms with Crippen LogP contribution < -0.4 is 0 Å². The van der Waals surface area contributed by atoms with E-state index in [9.17, 15) is 4.79 Å². The fourth-order valence-corrected chi connectivity index (χ4v) is 1.57. The number of hydrogen-bond acceptors (Lipinski definition) is 2. The van der Waals surface area contributed by atoms with Gasteiger partial charge in [-0.3, -0.25) is 4.79 Å². The van der Waals surface area contributed by atoms with Crippen LogP contribution in [-0.2, 0) is 0 Å². The highest BCUT2D eigenvalue weighted by atomic mass is 35.5. The van der Waals surface area contributed by atoms with Gasteiger partial charge in [0.1, 0.15) is 5.15 Å². The molecule has 0 N–H and O–H groups in total. The monoisotopic (exact) mass is 243 g/mol. The molecule has 1 rings (SSSR count). The zero-order valence-electron chi connectivity index (χ0n) is 5.44. The van der Waals surface area contributed by atoms with Gasteiger partial charge in [0.2, 0.25) is 0 Å². The summed E-state index contributed by atoms with van der Waals surface area (Å²) in [4.78, 5) is 14.4. The number of nitrogens with zero attached hydrogens (tertiary/aromatic N) is 1. The van der Waals surface area contributed by atoms with E-state index >= 15 is 0 Å². The van der Waals surface area contributed by atoms with E-state index in [0.29, 0.717) is 0 Å². The molecule has 0 aliphatic rings. The second kappa shape index (κ2) is 3.79. The van der Waals surface area contributed by atoms with Crippen molar-refractivity contribution in [2.45, 2.75) is 0 Å². The SMILES string of the molecule is O=C(Cl)c1c(Cl)cnc(Cl)c1Cl. The Kier molecular flexibility index (Phi) is 3.18. The molecule has 0 atom stereocenters. The molecule has 1 heterocycles. The lowest BCUT2D eigenvalue weighted by molar-refractivity contribution is 0.108. The van der Waals surface area contributed by atoms with Crippen molar-refractivity contribution in [2.75, 3.05) is 0 Å². The Bertz CT molecular complexity index is 339. The van der Waals surface area contributed by atoms with Crippen molar-refractivity contribution < 1.29 is 4.79 Å². The first-order chi connectivity index (χ1) is 5.54. The number of carbonyl (C=O) groups excluding carboxylic acids is 1. The quantitative estimate of drug-likeness (QED) is 0.560. The lowest BCUT2D eigenvalue weighted by Crippen LogP contribution is -1.94. The number of halogens is 4. The van der Waals surface area contributed by atoms with Crippen molar-refractivity contribution in [3.05, 3.63) is 27.0 Å². The molecule has 0 fully saturated rings. The number of aromatic nitrogens is 1. The molecule has 0 aliphatic carbocycles. The van der Waals surface area contributed by atoms with E-state index in [4.69, 9.17) is 46.4 Å². The van der Waals surface area contributed by atoms with Gasteiger partial charge in [-0.1, -0.05) is 34.8 Å². The Morgan fingerprint density at radius 1 is 1.33 bits per heavy atom. The van der Waals surface area contributed by atoms with Crippen LogP contribution in [0.3, 0.4) is 0 Å². The van der Waals surface area contributed by atoms with Crippen molar-refractivity contribution in [3.8, 4) is 0 Å². The van der Waals surface area contributed by atoms with Crippen molar-refractivity contribution in [2.24, 2.45) is 0 Å². The van der Waals surface area contributed by atoms with Gasteiger partial charge in [-0.2, -0.15) is 0 Å². The molecule has 6 heteroatoms. The lowest BCUT2D eigenvalue weighted by Gasteiger charge is -2.01. The summed E-state index contributed by atoms with van der Waals surface area (Å²) in [6.07, 6.45) is 1.21. The van der Waals surface area contributed by atoms with Gasteiger partial charge in [-0.15, -0.1) is 0 Å². The van der Waals surface area contributed by atoms with Crippen molar-refractivity contribution >= 4 is 51.6 Å². The summed E-state index contributed by atoms with van der Waals surface area (Å²) < 4.78 is 0. The number of carbonyl (C=O) groups is 1. The number of rotatable bonds is 1. The smallest absolute Gasteiger partial charge is 0.255 e. The molecule has 2 nitrogen and oxygen atoms in total. The van der Waals surface area contributed by atoms with Gasteiger partial charge in [-0.05, 0) is 11.6 Å². The first-order valence-electron chi connectivity index (χ1n) is 2.73. The van der Waals surface area contributed by atoms with Crippen molar-refractivity contribution in [3.63, 3.8) is 0 Å². The number of hydrogen-bond donors (Lipinski definition) is 0. The van der Waals surface area contributed by atoms with E-state index in [2.05, 4.69) is 4.98 Å². The van der Waals surface area contributed by atoms with Crippen molar-refractivity contribution in [1.82, 2.24) is 4.98 Å². The molecular formula is C6HCl4NO. The van der Waals surface area contributed by atoms with Gasteiger partial charge < -0.3 is 0 Å². The first kappa shape index (κ1) is 10.1. The molecule has 12 heavy (non-hydrogen) atoms. The molecule has 0 unspecified atom stereocenters. The predicted molar refractivity (Wildman–Crippen MR) is 49.5 cm³/mol. The van der Waals surface area contributed by atoms with E-state index < -0.39 is 5.24 Å². The highest BCUT2D eigenvalue weighted by Gasteiger charge is 2.15. The van der Waals surface area contributed by atoms with Crippen LogP contribution >= 0.6 is 46.4 Å². The Hall–Kier alpha value is -0.0200. The van der Waals surface area contributed by atoms with Crippen LogP contribution in [0.2, 0.25) is 15.2 Å². The molecule has 0 aliphatic heterocycles. The highest BCUT2D eigenvalue weighted by Crippen LogP contribution is 2.30. The summed E-state index contributed by atoms with van der Waals surface area (Å²) in [6, 6.07) is 0. The van der Waals surface area contributed by atoms with Gasteiger partial charge >= 0.3 is 0 Å². The van der Waals surface area contributed by atoms with Gasteiger partial charge in [0.15, 0.2) is 0 Å². The van der Waals surface area contributed by atoms with Crippen LogP contribution in [0.25, 0.3) is 0 Å². The zero-order chi connectivity index (χ0) is 9.30. The average molecular weight is 245 g/mol.